The van der Waals surface area contributed by atoms with Crippen molar-refractivity contribution in [3.63, 3.8) is 0 Å². The number of carbonyl (C=O) groups is 1. The molecule has 2 rings (SSSR count). The van der Waals surface area contributed by atoms with Crippen molar-refractivity contribution in [1.29, 1.82) is 0 Å². The number of aromatic carboxylic acids is 1. The fourth-order valence-electron chi connectivity index (χ4n) is 1.17. The fourth-order valence-corrected chi connectivity index (χ4v) is 3.63. The quantitative estimate of drug-likeness (QED) is 0.921. The number of aryl methyl sites for hydroxylation is 1. The first-order chi connectivity index (χ1) is 7.08. The highest BCUT2D eigenvalue weighted by molar-refractivity contribution is 9.10. The SMILES string of the molecule is Cc1nc(C(=O)O)c(-c2cc(Br)cs2)s1. The molecule has 78 valence electrons. The lowest BCUT2D eigenvalue weighted by Gasteiger charge is -1.92. The molecule has 0 spiro atoms. The van der Waals surface area contributed by atoms with E-state index in [2.05, 4.69) is 20.9 Å². The summed E-state index contributed by atoms with van der Waals surface area (Å²) in [4.78, 5) is 16.6. The maximum Gasteiger partial charge on any atom is 0.356 e. The molecule has 15 heavy (non-hydrogen) atoms. The molecule has 0 fully saturated rings. The van der Waals surface area contributed by atoms with E-state index in [0.29, 0.717) is 0 Å². The molecule has 1 N–H and O–H groups in total. The van der Waals surface area contributed by atoms with Crippen LogP contribution in [0.25, 0.3) is 9.75 Å². The molecule has 0 aliphatic heterocycles. The van der Waals surface area contributed by atoms with Gasteiger partial charge in [-0.2, -0.15) is 0 Å². The summed E-state index contributed by atoms with van der Waals surface area (Å²) >= 11 is 6.26. The first kappa shape index (κ1) is 10.8. The van der Waals surface area contributed by atoms with Crippen molar-refractivity contribution < 1.29 is 9.90 Å². The van der Waals surface area contributed by atoms with Crippen molar-refractivity contribution in [3.05, 3.63) is 26.6 Å². The molecule has 2 aromatic rings. The average molecular weight is 304 g/mol. The number of thiazole rings is 1. The Kier molecular flexibility index (Phi) is 2.90. The van der Waals surface area contributed by atoms with Gasteiger partial charge in [-0.25, -0.2) is 9.78 Å². The van der Waals surface area contributed by atoms with E-state index in [-0.39, 0.29) is 5.69 Å². The highest BCUT2D eigenvalue weighted by atomic mass is 79.9. The molecule has 0 saturated carbocycles. The van der Waals surface area contributed by atoms with Crippen LogP contribution in [-0.4, -0.2) is 16.1 Å². The summed E-state index contributed by atoms with van der Waals surface area (Å²) in [5.74, 6) is -0.973. The molecule has 0 unspecified atom stereocenters. The smallest absolute Gasteiger partial charge is 0.356 e. The van der Waals surface area contributed by atoms with Crippen LogP contribution in [0.4, 0.5) is 0 Å². The first-order valence-electron chi connectivity index (χ1n) is 4.03. The summed E-state index contributed by atoms with van der Waals surface area (Å²) in [6, 6.07) is 1.91. The second kappa shape index (κ2) is 4.03. The van der Waals surface area contributed by atoms with Gasteiger partial charge in [0.2, 0.25) is 0 Å². The van der Waals surface area contributed by atoms with Gasteiger partial charge in [0.05, 0.1) is 9.88 Å². The van der Waals surface area contributed by atoms with Gasteiger partial charge in [-0.3, -0.25) is 0 Å². The van der Waals surface area contributed by atoms with Gasteiger partial charge >= 0.3 is 5.97 Å². The molecule has 0 aliphatic carbocycles. The average Bonchev–Trinajstić information content (AvgIpc) is 2.71. The fraction of sp³-hybridized carbons (Fsp3) is 0.111. The Bertz CT molecular complexity index is 518. The molecule has 0 saturated heterocycles. The van der Waals surface area contributed by atoms with Gasteiger partial charge in [0.1, 0.15) is 0 Å². The third kappa shape index (κ3) is 2.11. The molecule has 3 nitrogen and oxygen atoms in total. The van der Waals surface area contributed by atoms with E-state index in [1.807, 2.05) is 18.4 Å². The molecule has 0 aromatic carbocycles. The number of carboxylic acid groups (broad SMARTS) is 1. The molecular weight excluding hydrogens is 298 g/mol. The van der Waals surface area contributed by atoms with Crippen molar-refractivity contribution in [2.24, 2.45) is 0 Å². The van der Waals surface area contributed by atoms with E-state index in [9.17, 15) is 4.79 Å². The molecule has 2 heterocycles. The van der Waals surface area contributed by atoms with Crippen LogP contribution in [-0.2, 0) is 0 Å². The molecule has 0 aliphatic rings. The van der Waals surface area contributed by atoms with Gasteiger partial charge in [0.15, 0.2) is 5.69 Å². The number of nitrogens with zero attached hydrogens (tertiary/aromatic N) is 1. The maximum atomic E-state index is 11.0. The van der Waals surface area contributed by atoms with Gasteiger partial charge < -0.3 is 5.11 Å². The predicted molar refractivity (Wildman–Crippen MR) is 64.8 cm³/mol. The van der Waals surface area contributed by atoms with Gasteiger partial charge in [0.25, 0.3) is 0 Å². The standard InChI is InChI=1S/C9H6BrNO2S2/c1-4-11-7(9(12)13)8(15-4)6-2-5(10)3-14-6/h2-3H,1H3,(H,12,13). The Labute approximate surface area is 103 Å². The summed E-state index contributed by atoms with van der Waals surface area (Å²) in [6.45, 7) is 1.81. The van der Waals surface area contributed by atoms with Gasteiger partial charge in [-0.1, -0.05) is 0 Å². The Morgan fingerprint density at radius 3 is 2.87 bits per heavy atom. The zero-order chi connectivity index (χ0) is 11.0. The highest BCUT2D eigenvalue weighted by Gasteiger charge is 2.18. The summed E-state index contributed by atoms with van der Waals surface area (Å²) < 4.78 is 0.963. The minimum absolute atomic E-state index is 0.145. The predicted octanol–water partition coefficient (Wildman–Crippen LogP) is 3.64. The lowest BCUT2D eigenvalue weighted by Crippen LogP contribution is -1.98. The third-order valence-electron chi connectivity index (χ3n) is 1.73. The van der Waals surface area contributed by atoms with E-state index in [1.54, 1.807) is 0 Å². The van der Waals surface area contributed by atoms with E-state index >= 15 is 0 Å². The van der Waals surface area contributed by atoms with Crippen molar-refractivity contribution >= 4 is 44.6 Å². The van der Waals surface area contributed by atoms with Crippen LogP contribution in [0.15, 0.2) is 15.9 Å². The number of hydrogen-bond acceptors (Lipinski definition) is 4. The Morgan fingerprint density at radius 1 is 1.60 bits per heavy atom. The van der Waals surface area contributed by atoms with Gasteiger partial charge in [-0.15, -0.1) is 22.7 Å². The van der Waals surface area contributed by atoms with Crippen LogP contribution in [0.1, 0.15) is 15.5 Å². The Hall–Kier alpha value is -0.720. The minimum atomic E-state index is -0.973. The number of halogens is 1. The van der Waals surface area contributed by atoms with E-state index in [1.165, 1.54) is 22.7 Å². The first-order valence-corrected chi connectivity index (χ1v) is 6.52. The number of aromatic nitrogens is 1. The summed E-state index contributed by atoms with van der Waals surface area (Å²) in [6.07, 6.45) is 0. The summed E-state index contributed by atoms with van der Waals surface area (Å²) in [5.41, 5.74) is 0.145. The number of thiophene rings is 1. The van der Waals surface area contributed by atoms with E-state index in [0.717, 1.165) is 19.2 Å². The van der Waals surface area contributed by atoms with Gasteiger partial charge in [0, 0.05) is 14.7 Å². The van der Waals surface area contributed by atoms with Crippen LogP contribution >= 0.6 is 38.6 Å². The number of hydrogen-bond donors (Lipinski definition) is 1. The van der Waals surface area contributed by atoms with Crippen LogP contribution in [0.3, 0.4) is 0 Å². The van der Waals surface area contributed by atoms with Crippen LogP contribution in [0.2, 0.25) is 0 Å². The molecule has 0 amide bonds. The van der Waals surface area contributed by atoms with Crippen LogP contribution in [0.5, 0.6) is 0 Å². The van der Waals surface area contributed by atoms with Crippen molar-refractivity contribution in [1.82, 2.24) is 4.98 Å². The lowest BCUT2D eigenvalue weighted by molar-refractivity contribution is 0.0692. The molecule has 2 aromatic heterocycles. The molecule has 6 heteroatoms. The van der Waals surface area contributed by atoms with E-state index in [4.69, 9.17) is 5.11 Å². The number of carboxylic acids is 1. The largest absolute Gasteiger partial charge is 0.476 e. The zero-order valence-corrected chi connectivity index (χ0v) is 10.9. The highest BCUT2D eigenvalue weighted by Crippen LogP contribution is 2.36. The molecule has 0 bridgehead atoms. The van der Waals surface area contributed by atoms with Crippen molar-refractivity contribution in [3.8, 4) is 9.75 Å². The molecular formula is C9H6BrNO2S2. The normalized spacial score (nSPS) is 10.5. The van der Waals surface area contributed by atoms with Gasteiger partial charge in [-0.05, 0) is 28.9 Å². The Balaban J connectivity index is 2.56. The second-order valence-electron chi connectivity index (χ2n) is 2.84. The van der Waals surface area contributed by atoms with Crippen molar-refractivity contribution in [2.45, 2.75) is 6.92 Å². The van der Waals surface area contributed by atoms with Crippen LogP contribution < -0.4 is 0 Å². The topological polar surface area (TPSA) is 50.2 Å². The maximum absolute atomic E-state index is 11.0. The lowest BCUT2D eigenvalue weighted by atomic mass is 10.3. The molecule has 0 radical (unpaired) electrons. The summed E-state index contributed by atoms with van der Waals surface area (Å²) in [5, 5.41) is 11.7. The monoisotopic (exact) mass is 303 g/mol. The van der Waals surface area contributed by atoms with E-state index < -0.39 is 5.97 Å². The van der Waals surface area contributed by atoms with Crippen LogP contribution in [0, 0.1) is 6.92 Å². The van der Waals surface area contributed by atoms with Crippen molar-refractivity contribution in [2.75, 3.05) is 0 Å². The zero-order valence-electron chi connectivity index (χ0n) is 7.65. The number of rotatable bonds is 2. The third-order valence-corrected chi connectivity index (χ3v) is 4.57. The minimum Gasteiger partial charge on any atom is -0.476 e. The molecule has 0 atom stereocenters. The second-order valence-corrected chi connectivity index (χ2v) is 5.88. The summed E-state index contributed by atoms with van der Waals surface area (Å²) in [7, 11) is 0. The Morgan fingerprint density at radius 2 is 2.33 bits per heavy atom.